The third-order valence-electron chi connectivity index (χ3n) is 13.8. The highest BCUT2D eigenvalue weighted by Gasteiger charge is 2.44. The Morgan fingerprint density at radius 3 is 2.32 bits per heavy atom. The first kappa shape index (κ1) is 52.1. The normalized spacial score (nSPS) is 18.2. The number of ether oxygens (including phenoxy) is 2. The number of likely N-dealkylation sites (tertiary alicyclic amines) is 1. The lowest BCUT2D eigenvalue weighted by molar-refractivity contribution is -0.144. The van der Waals surface area contributed by atoms with Crippen LogP contribution in [0.2, 0.25) is 0 Å². The summed E-state index contributed by atoms with van der Waals surface area (Å²) in [5, 5.41) is 20.2. The SMILES string of the molecule is CC(=O)c1c(C)c2cnc(Nc3ccc(N4CCN(CCOCCOCC(=O)N[C@H](C(=O)N5C[C@H](O)C[C@H]5C(=O)NCc5ccc(-c6scnc6C)cc5)C(C)(C)C)CC4)cn3)nc2n(C2CCCC2)c1=O. The van der Waals surface area contributed by atoms with Gasteiger partial charge in [0.1, 0.15) is 30.2 Å². The van der Waals surface area contributed by atoms with Crippen LogP contribution in [0.4, 0.5) is 17.5 Å². The standard InChI is InChI=1S/C52H67N11O8S/c1-32-40-28-55-51(59-47(40)63(37-9-7-8-10-37)49(68)44(32)34(3)64)57-42-16-15-38(27-53-42)61-19-17-60(18-20-61)21-22-70-23-24-71-30-43(66)58-46(52(4,5)6)50(69)62-29-39(65)25-41(62)48(67)54-26-35-11-13-36(14-12-35)45-33(2)56-31-72-45/h11-16,27-28,31,37,39,41,46,65H,7-10,17-26,29-30H2,1-6H3,(H,54,67)(H,58,66)(H,53,55,57,59)/t39-,41+,46-/m1/s1. The molecule has 72 heavy (non-hydrogen) atoms. The summed E-state index contributed by atoms with van der Waals surface area (Å²) in [4.78, 5) is 92.0. The second kappa shape index (κ2) is 23.1. The maximum Gasteiger partial charge on any atom is 0.263 e. The summed E-state index contributed by atoms with van der Waals surface area (Å²) in [5.41, 5.74) is 6.06. The average molecular weight is 1010 g/mol. The van der Waals surface area contributed by atoms with Crippen LogP contribution in [0, 0.1) is 19.3 Å². The number of amides is 3. The fourth-order valence-corrected chi connectivity index (χ4v) is 10.7. The van der Waals surface area contributed by atoms with Crippen molar-refractivity contribution in [1.29, 1.82) is 0 Å². The lowest BCUT2D eigenvalue weighted by atomic mass is 9.85. The van der Waals surface area contributed by atoms with Crippen LogP contribution in [0.15, 0.2) is 59.1 Å². The van der Waals surface area contributed by atoms with Crippen LogP contribution in [-0.4, -0.2) is 147 Å². The maximum atomic E-state index is 14.0. The molecule has 3 aliphatic rings. The third-order valence-corrected chi connectivity index (χ3v) is 14.8. The second-order valence-electron chi connectivity index (χ2n) is 20.1. The van der Waals surface area contributed by atoms with Gasteiger partial charge in [-0.2, -0.15) is 4.98 Å². The van der Waals surface area contributed by atoms with Gasteiger partial charge < -0.3 is 40.3 Å². The second-order valence-corrected chi connectivity index (χ2v) is 20.9. The molecule has 0 radical (unpaired) electrons. The number of carbonyl (C=O) groups is 4. The van der Waals surface area contributed by atoms with Crippen LogP contribution >= 0.6 is 11.3 Å². The van der Waals surface area contributed by atoms with Crippen molar-refractivity contribution in [2.45, 2.75) is 104 Å². The van der Waals surface area contributed by atoms with Crippen molar-refractivity contribution in [2.75, 3.05) is 75.9 Å². The number of Topliss-reactive ketones (excluding diaryl/α,β-unsaturated/α-hetero) is 1. The molecule has 20 heteroatoms. The van der Waals surface area contributed by atoms with Crippen LogP contribution in [0.25, 0.3) is 21.5 Å². The summed E-state index contributed by atoms with van der Waals surface area (Å²) in [7, 11) is 0. The van der Waals surface area contributed by atoms with Crippen molar-refractivity contribution in [3.63, 3.8) is 0 Å². The number of carbonyl (C=O) groups excluding carboxylic acids is 4. The van der Waals surface area contributed by atoms with Gasteiger partial charge in [0.2, 0.25) is 23.7 Å². The highest BCUT2D eigenvalue weighted by molar-refractivity contribution is 7.13. The number of aryl methyl sites for hydroxylation is 2. The Morgan fingerprint density at radius 1 is 0.917 bits per heavy atom. The van der Waals surface area contributed by atoms with Crippen molar-refractivity contribution in [2.24, 2.45) is 5.41 Å². The van der Waals surface area contributed by atoms with E-state index < -0.39 is 35.4 Å². The van der Waals surface area contributed by atoms with E-state index >= 15 is 0 Å². The zero-order valence-electron chi connectivity index (χ0n) is 42.1. The molecular weight excluding hydrogens is 939 g/mol. The predicted molar refractivity (Wildman–Crippen MR) is 275 cm³/mol. The topological polar surface area (TPSA) is 226 Å². The van der Waals surface area contributed by atoms with Crippen molar-refractivity contribution in [3.05, 3.63) is 87.0 Å². The van der Waals surface area contributed by atoms with Gasteiger partial charge in [-0.25, -0.2) is 15.0 Å². The summed E-state index contributed by atoms with van der Waals surface area (Å²) in [6.07, 6.45) is 6.52. The van der Waals surface area contributed by atoms with Gasteiger partial charge in [0, 0.05) is 69.9 Å². The molecule has 2 saturated heterocycles. The van der Waals surface area contributed by atoms with E-state index in [1.165, 1.54) is 11.8 Å². The molecule has 4 aromatic heterocycles. The maximum absolute atomic E-state index is 14.0. The molecule has 2 aliphatic heterocycles. The molecule has 384 valence electrons. The minimum Gasteiger partial charge on any atom is -0.391 e. The van der Waals surface area contributed by atoms with Crippen LogP contribution in [0.1, 0.15) is 93.0 Å². The van der Waals surface area contributed by atoms with Gasteiger partial charge in [0.15, 0.2) is 5.78 Å². The number of benzene rings is 1. The number of pyridine rings is 2. The Morgan fingerprint density at radius 2 is 1.65 bits per heavy atom. The number of β-amino-alcohol motifs (C(OH)–C–C–N with tert-alkyl or cyclic N) is 1. The number of aromatic nitrogens is 5. The smallest absolute Gasteiger partial charge is 0.263 e. The number of aliphatic hydroxyl groups excluding tert-OH is 1. The Hall–Kier alpha value is -6.19. The average Bonchev–Trinajstić information content (AvgIpc) is 4.14. The van der Waals surface area contributed by atoms with Crippen molar-refractivity contribution < 1.29 is 33.8 Å². The molecule has 19 nitrogen and oxygen atoms in total. The molecule has 3 amide bonds. The quantitative estimate of drug-likeness (QED) is 0.0634. The first-order valence-corrected chi connectivity index (χ1v) is 25.8. The number of thiazole rings is 1. The molecular formula is C52H67N11O8S. The number of fused-ring (bicyclic) bond motifs is 1. The zero-order valence-corrected chi connectivity index (χ0v) is 42.9. The predicted octanol–water partition coefficient (Wildman–Crippen LogP) is 4.95. The number of anilines is 3. The molecule has 5 aromatic rings. The highest BCUT2D eigenvalue weighted by atomic mass is 32.1. The Kier molecular flexibility index (Phi) is 16.8. The van der Waals surface area contributed by atoms with E-state index in [0.717, 1.165) is 85.8 Å². The number of rotatable bonds is 19. The Labute approximate surface area is 423 Å². The molecule has 3 fully saturated rings. The van der Waals surface area contributed by atoms with E-state index in [9.17, 15) is 29.1 Å². The molecule has 1 aliphatic carbocycles. The monoisotopic (exact) mass is 1010 g/mol. The summed E-state index contributed by atoms with van der Waals surface area (Å²) in [6.45, 7) is 15.7. The van der Waals surface area contributed by atoms with E-state index in [2.05, 4.69) is 40.7 Å². The van der Waals surface area contributed by atoms with Crippen LogP contribution in [0.5, 0.6) is 0 Å². The van der Waals surface area contributed by atoms with Crippen LogP contribution < -0.4 is 26.4 Å². The zero-order chi connectivity index (χ0) is 51.1. The largest absolute Gasteiger partial charge is 0.391 e. The van der Waals surface area contributed by atoms with Gasteiger partial charge in [-0.05, 0) is 67.9 Å². The van der Waals surface area contributed by atoms with Crippen molar-refractivity contribution in [1.82, 2.24) is 44.9 Å². The number of nitrogens with zero attached hydrogens (tertiary/aromatic N) is 8. The molecule has 0 bridgehead atoms. The van der Waals surface area contributed by atoms with E-state index in [4.69, 9.17) is 14.5 Å². The van der Waals surface area contributed by atoms with Crippen molar-refractivity contribution >= 4 is 63.3 Å². The van der Waals surface area contributed by atoms with Gasteiger partial charge in [-0.3, -0.25) is 33.4 Å². The van der Waals surface area contributed by atoms with Gasteiger partial charge in [-0.1, -0.05) is 57.9 Å². The number of hydrogen-bond acceptors (Lipinski definition) is 16. The molecule has 6 heterocycles. The first-order valence-electron chi connectivity index (χ1n) is 24.9. The molecule has 0 unspecified atom stereocenters. The minimum absolute atomic E-state index is 0.00683. The van der Waals surface area contributed by atoms with E-state index in [1.807, 2.05) is 75.8 Å². The number of hydrogen-bond donors (Lipinski definition) is 4. The highest BCUT2D eigenvalue weighted by Crippen LogP contribution is 2.33. The number of piperazine rings is 1. The Bertz CT molecular complexity index is 2780. The van der Waals surface area contributed by atoms with Crippen molar-refractivity contribution in [3.8, 4) is 10.4 Å². The van der Waals surface area contributed by atoms with E-state index in [-0.39, 0.29) is 61.6 Å². The number of aliphatic hydroxyl groups is 1. The van der Waals surface area contributed by atoms with E-state index in [0.29, 0.717) is 41.6 Å². The summed E-state index contributed by atoms with van der Waals surface area (Å²) < 4.78 is 13.2. The molecule has 1 saturated carbocycles. The summed E-state index contributed by atoms with van der Waals surface area (Å²) >= 11 is 1.57. The molecule has 4 N–H and O–H groups in total. The van der Waals surface area contributed by atoms with Gasteiger partial charge in [-0.15, -0.1) is 11.3 Å². The minimum atomic E-state index is -0.961. The first-order chi connectivity index (χ1) is 34.5. The summed E-state index contributed by atoms with van der Waals surface area (Å²) in [6, 6.07) is 9.93. The summed E-state index contributed by atoms with van der Waals surface area (Å²) in [5.74, 6) is -0.629. The molecule has 1 aromatic carbocycles. The molecule has 3 atom stereocenters. The molecule has 0 spiro atoms. The fraction of sp³-hybridized carbons (Fsp3) is 0.519. The third kappa shape index (κ3) is 12.3. The van der Waals surface area contributed by atoms with Gasteiger partial charge >= 0.3 is 0 Å². The van der Waals surface area contributed by atoms with Crippen LogP contribution in [0.3, 0.4) is 0 Å². The van der Waals surface area contributed by atoms with Crippen LogP contribution in [-0.2, 0) is 30.4 Å². The molecule has 8 rings (SSSR count). The lowest BCUT2D eigenvalue weighted by Crippen LogP contribution is -2.58. The number of ketones is 1. The number of nitrogens with one attached hydrogen (secondary N) is 3. The van der Waals surface area contributed by atoms with Gasteiger partial charge in [0.05, 0.1) is 59.5 Å². The Balaban J connectivity index is 0.732. The lowest BCUT2D eigenvalue weighted by Gasteiger charge is -2.35. The van der Waals surface area contributed by atoms with E-state index in [1.54, 1.807) is 29.0 Å². The fourth-order valence-electron chi connectivity index (χ4n) is 9.86. The van der Waals surface area contributed by atoms with Gasteiger partial charge in [0.25, 0.3) is 5.56 Å².